The number of hydrogen-bond donors (Lipinski definition) is 3. The van der Waals surface area contributed by atoms with Gasteiger partial charge in [-0.1, -0.05) is 37.5 Å². The van der Waals surface area contributed by atoms with Gasteiger partial charge in [-0.2, -0.15) is 11.8 Å². The van der Waals surface area contributed by atoms with Crippen molar-refractivity contribution in [1.82, 2.24) is 20.9 Å². The van der Waals surface area contributed by atoms with Crippen molar-refractivity contribution < 1.29 is 9.59 Å². The Morgan fingerprint density at radius 3 is 2.74 bits per heavy atom. The van der Waals surface area contributed by atoms with Crippen molar-refractivity contribution in [1.29, 1.82) is 0 Å². The third-order valence-electron chi connectivity index (χ3n) is 6.23. The molecule has 0 bridgehead atoms. The van der Waals surface area contributed by atoms with Crippen LogP contribution in [-0.2, 0) is 9.59 Å². The summed E-state index contributed by atoms with van der Waals surface area (Å²) >= 11 is 3.41. The number of hydrogen-bond acceptors (Lipinski definition) is 6. The van der Waals surface area contributed by atoms with Crippen LogP contribution in [0.5, 0.6) is 0 Å². The van der Waals surface area contributed by atoms with Gasteiger partial charge in [0.2, 0.25) is 11.8 Å². The third kappa shape index (κ3) is 8.15. The predicted octanol–water partition coefficient (Wildman–Crippen LogP) is 2.38. The first-order valence-electron chi connectivity index (χ1n) is 11.6. The summed E-state index contributed by atoms with van der Waals surface area (Å²) in [5.74, 6) is 3.23. The van der Waals surface area contributed by atoms with Gasteiger partial charge in [0.1, 0.15) is 11.4 Å². The lowest BCUT2D eigenvalue weighted by atomic mass is 9.91. The van der Waals surface area contributed by atoms with Crippen LogP contribution in [0.2, 0.25) is 0 Å². The highest BCUT2D eigenvalue weighted by Crippen LogP contribution is 2.27. The Hall–Kier alpha value is -0.960. The van der Waals surface area contributed by atoms with Crippen LogP contribution in [0.15, 0.2) is 23.8 Å². The molecule has 2 aliphatic carbocycles. The van der Waals surface area contributed by atoms with E-state index in [1.165, 1.54) is 32.1 Å². The van der Waals surface area contributed by atoms with Gasteiger partial charge in [-0.05, 0) is 50.6 Å². The zero-order valence-corrected chi connectivity index (χ0v) is 20.5. The lowest BCUT2D eigenvalue weighted by Crippen LogP contribution is -2.52. The number of nitrogens with zero attached hydrogens (tertiary/aromatic N) is 1. The van der Waals surface area contributed by atoms with Gasteiger partial charge >= 0.3 is 0 Å². The molecule has 1 saturated carbocycles. The minimum atomic E-state index is -0.494. The second-order valence-electron chi connectivity index (χ2n) is 8.93. The van der Waals surface area contributed by atoms with Crippen molar-refractivity contribution in [2.45, 2.75) is 56.0 Å². The SMILES string of the molecule is CN(C)C1C=CC(CNC(=O)C(CSCC2CCCCC2)NC(=O)C2NCCS2)=CC1. The first-order chi connectivity index (χ1) is 15.0. The molecule has 2 fully saturated rings. The lowest BCUT2D eigenvalue weighted by Gasteiger charge is -2.24. The average Bonchev–Trinajstić information content (AvgIpc) is 3.33. The quantitative estimate of drug-likeness (QED) is 0.459. The van der Waals surface area contributed by atoms with Crippen molar-refractivity contribution in [3.8, 4) is 0 Å². The van der Waals surface area contributed by atoms with Crippen LogP contribution < -0.4 is 16.0 Å². The van der Waals surface area contributed by atoms with Gasteiger partial charge in [-0.3, -0.25) is 14.9 Å². The van der Waals surface area contributed by atoms with E-state index in [1.54, 1.807) is 11.8 Å². The van der Waals surface area contributed by atoms with Gasteiger partial charge in [0.25, 0.3) is 0 Å². The van der Waals surface area contributed by atoms with E-state index in [9.17, 15) is 9.59 Å². The minimum absolute atomic E-state index is 0.0773. The Balaban J connectivity index is 1.49. The van der Waals surface area contributed by atoms with E-state index in [1.807, 2.05) is 11.8 Å². The van der Waals surface area contributed by atoms with Crippen LogP contribution in [0, 0.1) is 5.92 Å². The van der Waals surface area contributed by atoms with Crippen LogP contribution in [0.3, 0.4) is 0 Å². The normalized spacial score (nSPS) is 25.3. The summed E-state index contributed by atoms with van der Waals surface area (Å²) in [5, 5.41) is 9.01. The van der Waals surface area contributed by atoms with E-state index < -0.39 is 6.04 Å². The zero-order chi connectivity index (χ0) is 22.1. The summed E-state index contributed by atoms with van der Waals surface area (Å²) in [5.41, 5.74) is 1.12. The summed E-state index contributed by atoms with van der Waals surface area (Å²) in [6, 6.07) is -0.0779. The Labute approximate surface area is 195 Å². The van der Waals surface area contributed by atoms with Crippen molar-refractivity contribution in [2.75, 3.05) is 44.4 Å². The summed E-state index contributed by atoms with van der Waals surface area (Å²) in [6.45, 7) is 1.34. The van der Waals surface area contributed by atoms with E-state index >= 15 is 0 Å². The molecule has 1 aliphatic heterocycles. The lowest BCUT2D eigenvalue weighted by molar-refractivity contribution is -0.128. The Bertz CT molecular complexity index is 656. The smallest absolute Gasteiger partial charge is 0.248 e. The highest BCUT2D eigenvalue weighted by Gasteiger charge is 2.28. The molecular formula is C23H38N4O2S2. The Morgan fingerprint density at radius 2 is 2.10 bits per heavy atom. The molecule has 3 atom stereocenters. The molecule has 3 N–H and O–H groups in total. The maximum atomic E-state index is 13.0. The molecule has 1 heterocycles. The molecule has 2 amide bonds. The molecule has 0 aromatic heterocycles. The summed E-state index contributed by atoms with van der Waals surface area (Å²) in [6.07, 6.45) is 14.0. The van der Waals surface area contributed by atoms with Crippen LogP contribution in [0.4, 0.5) is 0 Å². The number of rotatable bonds is 10. The third-order valence-corrected chi connectivity index (χ3v) is 8.66. The van der Waals surface area contributed by atoms with Crippen molar-refractivity contribution in [2.24, 2.45) is 5.92 Å². The largest absolute Gasteiger partial charge is 0.350 e. The van der Waals surface area contributed by atoms with Crippen LogP contribution >= 0.6 is 23.5 Å². The van der Waals surface area contributed by atoms with Gasteiger partial charge in [0.05, 0.1) is 0 Å². The number of thioether (sulfide) groups is 2. The number of carbonyl (C=O) groups is 2. The van der Waals surface area contributed by atoms with Gasteiger partial charge in [0, 0.05) is 30.6 Å². The number of amides is 2. The monoisotopic (exact) mass is 466 g/mol. The molecule has 1 saturated heterocycles. The van der Waals surface area contributed by atoms with Gasteiger partial charge in [-0.25, -0.2) is 0 Å². The fraction of sp³-hybridized carbons (Fsp3) is 0.739. The molecule has 3 unspecified atom stereocenters. The molecule has 0 aromatic rings. The fourth-order valence-electron chi connectivity index (χ4n) is 4.21. The number of likely N-dealkylation sites (N-methyl/N-ethyl adjacent to an activating group) is 1. The standard InChI is InChI=1S/C23H38N4O2S2/c1-27(2)19-10-8-17(9-11-19)14-25-21(28)20(26-22(29)23-24-12-13-31-23)16-30-15-18-6-4-3-5-7-18/h8-10,18-20,23-24H,3-7,11-16H2,1-2H3,(H,25,28)(H,26,29). The van der Waals surface area contributed by atoms with Crippen LogP contribution in [0.25, 0.3) is 0 Å². The molecule has 174 valence electrons. The topological polar surface area (TPSA) is 73.5 Å². The minimum Gasteiger partial charge on any atom is -0.350 e. The van der Waals surface area contributed by atoms with E-state index in [-0.39, 0.29) is 17.2 Å². The molecule has 6 nitrogen and oxygen atoms in total. The van der Waals surface area contributed by atoms with E-state index in [2.05, 4.69) is 53.2 Å². The first kappa shape index (κ1) is 24.7. The Morgan fingerprint density at radius 1 is 1.29 bits per heavy atom. The molecule has 0 aromatic carbocycles. The van der Waals surface area contributed by atoms with Crippen LogP contribution in [-0.4, -0.2) is 78.6 Å². The van der Waals surface area contributed by atoms with Gasteiger partial charge in [0.15, 0.2) is 0 Å². The van der Waals surface area contributed by atoms with E-state index in [0.717, 1.165) is 36.0 Å². The first-order valence-corrected chi connectivity index (χ1v) is 13.8. The molecule has 31 heavy (non-hydrogen) atoms. The zero-order valence-electron chi connectivity index (χ0n) is 18.9. The summed E-state index contributed by atoms with van der Waals surface area (Å²) in [4.78, 5) is 27.8. The second-order valence-corrected chi connectivity index (χ2v) is 11.2. The second kappa shape index (κ2) is 12.9. The maximum Gasteiger partial charge on any atom is 0.248 e. The molecular weight excluding hydrogens is 428 g/mol. The summed E-state index contributed by atoms with van der Waals surface area (Å²) in [7, 11) is 4.15. The van der Waals surface area contributed by atoms with Crippen molar-refractivity contribution in [3.05, 3.63) is 23.8 Å². The highest BCUT2D eigenvalue weighted by atomic mass is 32.2. The van der Waals surface area contributed by atoms with E-state index in [4.69, 9.17) is 0 Å². The molecule has 8 heteroatoms. The summed E-state index contributed by atoms with van der Waals surface area (Å²) < 4.78 is 0. The number of carbonyl (C=O) groups excluding carboxylic acids is 2. The molecule has 0 radical (unpaired) electrons. The van der Waals surface area contributed by atoms with Crippen molar-refractivity contribution >= 4 is 35.3 Å². The van der Waals surface area contributed by atoms with Gasteiger partial charge in [-0.15, -0.1) is 11.8 Å². The average molecular weight is 467 g/mol. The molecule has 3 rings (SSSR count). The molecule has 3 aliphatic rings. The van der Waals surface area contributed by atoms with Gasteiger partial charge < -0.3 is 15.5 Å². The van der Waals surface area contributed by atoms with Crippen molar-refractivity contribution in [3.63, 3.8) is 0 Å². The predicted molar refractivity (Wildman–Crippen MR) is 132 cm³/mol. The number of nitrogens with one attached hydrogen (secondary N) is 3. The van der Waals surface area contributed by atoms with E-state index in [0.29, 0.717) is 18.3 Å². The maximum absolute atomic E-state index is 13.0. The fourth-order valence-corrected chi connectivity index (χ4v) is 6.41. The Kier molecular flexibility index (Phi) is 10.3. The van der Waals surface area contributed by atoms with Crippen LogP contribution in [0.1, 0.15) is 38.5 Å². The molecule has 0 spiro atoms. The highest BCUT2D eigenvalue weighted by molar-refractivity contribution is 8.00.